The Labute approximate surface area is 122 Å². The summed E-state index contributed by atoms with van der Waals surface area (Å²) in [6.07, 6.45) is 5.87. The zero-order valence-electron chi connectivity index (χ0n) is 11.2. The number of hydrogen-bond donors (Lipinski definition) is 1. The molecular formula is C16H19BrN2. The molecule has 1 aliphatic rings. The Balaban J connectivity index is 1.73. The van der Waals surface area contributed by atoms with Gasteiger partial charge >= 0.3 is 0 Å². The molecule has 0 amide bonds. The number of nitrogens with zero attached hydrogens (tertiary/aromatic N) is 1. The van der Waals surface area contributed by atoms with Gasteiger partial charge in [0.05, 0.1) is 5.52 Å². The maximum Gasteiger partial charge on any atom is 0.0758 e. The average Bonchev–Trinajstić information content (AvgIpc) is 3.17. The van der Waals surface area contributed by atoms with Crippen LogP contribution in [0.5, 0.6) is 0 Å². The molecule has 2 atom stereocenters. The molecule has 100 valence electrons. The Kier molecular flexibility index (Phi) is 3.85. The van der Waals surface area contributed by atoms with Gasteiger partial charge in [-0.25, -0.2) is 0 Å². The first-order valence-electron chi connectivity index (χ1n) is 7.05. The highest BCUT2D eigenvalue weighted by atomic mass is 79.9. The Morgan fingerprint density at radius 2 is 2.26 bits per heavy atom. The molecule has 0 bridgehead atoms. The molecule has 0 spiro atoms. The van der Waals surface area contributed by atoms with Crippen molar-refractivity contribution in [2.24, 2.45) is 5.92 Å². The van der Waals surface area contributed by atoms with Crippen LogP contribution in [0.4, 0.5) is 0 Å². The van der Waals surface area contributed by atoms with Gasteiger partial charge in [-0.15, -0.1) is 0 Å². The van der Waals surface area contributed by atoms with E-state index in [-0.39, 0.29) is 0 Å². The second-order valence-corrected chi connectivity index (χ2v) is 6.23. The molecule has 2 unspecified atom stereocenters. The molecule has 3 heteroatoms. The van der Waals surface area contributed by atoms with E-state index in [1.54, 1.807) is 0 Å². The van der Waals surface area contributed by atoms with E-state index in [4.69, 9.17) is 0 Å². The van der Waals surface area contributed by atoms with Crippen molar-refractivity contribution in [2.75, 3.05) is 0 Å². The van der Waals surface area contributed by atoms with Crippen molar-refractivity contribution in [2.45, 2.75) is 38.8 Å². The van der Waals surface area contributed by atoms with Crippen molar-refractivity contribution >= 4 is 26.8 Å². The lowest BCUT2D eigenvalue weighted by Gasteiger charge is -2.08. The zero-order valence-corrected chi connectivity index (χ0v) is 12.8. The van der Waals surface area contributed by atoms with Crippen LogP contribution < -0.4 is 5.32 Å². The quantitative estimate of drug-likeness (QED) is 0.890. The molecule has 0 radical (unpaired) electrons. The molecule has 1 fully saturated rings. The molecule has 2 aromatic rings. The highest BCUT2D eigenvalue weighted by Gasteiger charge is 2.35. The maximum absolute atomic E-state index is 4.53. The van der Waals surface area contributed by atoms with E-state index in [1.165, 1.54) is 30.2 Å². The van der Waals surface area contributed by atoms with Crippen LogP contribution in [0.25, 0.3) is 10.9 Å². The van der Waals surface area contributed by atoms with E-state index >= 15 is 0 Å². The fourth-order valence-electron chi connectivity index (χ4n) is 2.77. The topological polar surface area (TPSA) is 24.9 Å². The van der Waals surface area contributed by atoms with Gasteiger partial charge in [-0.05, 0) is 36.5 Å². The van der Waals surface area contributed by atoms with Crippen LogP contribution in [-0.4, -0.2) is 11.0 Å². The number of benzene rings is 1. The van der Waals surface area contributed by atoms with Crippen LogP contribution in [0.2, 0.25) is 0 Å². The van der Waals surface area contributed by atoms with Gasteiger partial charge < -0.3 is 5.32 Å². The first kappa shape index (κ1) is 13.1. The SMILES string of the molecule is CCCC1CC1NCc1ccc(Br)c2cccnc12. The van der Waals surface area contributed by atoms with Crippen molar-refractivity contribution in [1.82, 2.24) is 10.3 Å². The first-order chi connectivity index (χ1) is 9.29. The largest absolute Gasteiger partial charge is 0.310 e. The lowest BCUT2D eigenvalue weighted by molar-refractivity contribution is 0.600. The minimum atomic E-state index is 0.724. The average molecular weight is 319 g/mol. The van der Waals surface area contributed by atoms with Gasteiger partial charge in [0.1, 0.15) is 0 Å². The van der Waals surface area contributed by atoms with E-state index < -0.39 is 0 Å². The van der Waals surface area contributed by atoms with Crippen LogP contribution in [0.3, 0.4) is 0 Å². The molecule has 0 aliphatic heterocycles. The molecule has 1 heterocycles. The number of nitrogens with one attached hydrogen (secondary N) is 1. The predicted octanol–water partition coefficient (Wildman–Crippen LogP) is 4.28. The fraction of sp³-hybridized carbons (Fsp3) is 0.438. The van der Waals surface area contributed by atoms with E-state index in [0.717, 1.165) is 28.5 Å². The molecule has 1 aliphatic carbocycles. The number of fused-ring (bicyclic) bond motifs is 1. The number of halogens is 1. The Morgan fingerprint density at radius 3 is 3.11 bits per heavy atom. The Hall–Kier alpha value is -0.930. The van der Waals surface area contributed by atoms with Crippen molar-refractivity contribution in [3.05, 3.63) is 40.5 Å². The lowest BCUT2D eigenvalue weighted by Crippen LogP contribution is -2.18. The summed E-state index contributed by atoms with van der Waals surface area (Å²) >= 11 is 3.59. The van der Waals surface area contributed by atoms with Crippen LogP contribution in [0, 0.1) is 5.92 Å². The van der Waals surface area contributed by atoms with E-state index in [1.807, 2.05) is 12.3 Å². The van der Waals surface area contributed by atoms with Gasteiger partial charge in [0.2, 0.25) is 0 Å². The summed E-state index contributed by atoms with van der Waals surface area (Å²) in [6.45, 7) is 3.19. The minimum Gasteiger partial charge on any atom is -0.310 e. The third kappa shape index (κ3) is 2.82. The summed E-state index contributed by atoms with van der Waals surface area (Å²) in [4.78, 5) is 4.53. The smallest absolute Gasteiger partial charge is 0.0758 e. The molecule has 3 rings (SSSR count). The third-order valence-electron chi connectivity index (χ3n) is 3.94. The summed E-state index contributed by atoms with van der Waals surface area (Å²) in [7, 11) is 0. The van der Waals surface area contributed by atoms with E-state index in [2.05, 4.69) is 51.4 Å². The van der Waals surface area contributed by atoms with Gasteiger partial charge in [-0.3, -0.25) is 4.98 Å². The molecular weight excluding hydrogens is 300 g/mol. The standard InChI is InChI=1S/C16H19BrN2/c1-2-4-11-9-15(11)19-10-12-6-7-14(17)13-5-3-8-18-16(12)13/h3,5-8,11,15,19H,2,4,9-10H2,1H3. The number of pyridine rings is 1. The van der Waals surface area contributed by atoms with Crippen molar-refractivity contribution in [1.29, 1.82) is 0 Å². The normalized spacial score (nSPS) is 21.8. The highest BCUT2D eigenvalue weighted by Crippen LogP contribution is 2.35. The molecule has 19 heavy (non-hydrogen) atoms. The second kappa shape index (κ2) is 5.59. The van der Waals surface area contributed by atoms with Gasteiger partial charge in [0.25, 0.3) is 0 Å². The van der Waals surface area contributed by atoms with Crippen LogP contribution >= 0.6 is 15.9 Å². The lowest BCUT2D eigenvalue weighted by atomic mass is 10.1. The van der Waals surface area contributed by atoms with Crippen LogP contribution in [0.1, 0.15) is 31.7 Å². The molecule has 0 saturated heterocycles. The van der Waals surface area contributed by atoms with Gasteiger partial charge in [0, 0.05) is 28.6 Å². The summed E-state index contributed by atoms with van der Waals surface area (Å²) < 4.78 is 1.12. The van der Waals surface area contributed by atoms with Gasteiger partial charge in [-0.1, -0.05) is 41.4 Å². The summed E-state index contributed by atoms with van der Waals surface area (Å²) in [5.74, 6) is 0.902. The van der Waals surface area contributed by atoms with Gasteiger partial charge in [-0.2, -0.15) is 0 Å². The first-order valence-corrected chi connectivity index (χ1v) is 7.84. The highest BCUT2D eigenvalue weighted by molar-refractivity contribution is 9.10. The Bertz CT molecular complexity index is 582. The molecule has 1 aromatic heterocycles. The molecule has 2 nitrogen and oxygen atoms in total. The van der Waals surface area contributed by atoms with Crippen molar-refractivity contribution in [3.63, 3.8) is 0 Å². The zero-order chi connectivity index (χ0) is 13.2. The second-order valence-electron chi connectivity index (χ2n) is 5.38. The minimum absolute atomic E-state index is 0.724. The van der Waals surface area contributed by atoms with E-state index in [9.17, 15) is 0 Å². The van der Waals surface area contributed by atoms with Crippen molar-refractivity contribution in [3.8, 4) is 0 Å². The fourth-order valence-corrected chi connectivity index (χ4v) is 3.22. The summed E-state index contributed by atoms with van der Waals surface area (Å²) in [6, 6.07) is 9.12. The molecule has 1 saturated carbocycles. The third-order valence-corrected chi connectivity index (χ3v) is 4.63. The summed E-state index contributed by atoms with van der Waals surface area (Å²) in [5, 5.41) is 4.86. The maximum atomic E-state index is 4.53. The number of rotatable bonds is 5. The van der Waals surface area contributed by atoms with Crippen molar-refractivity contribution < 1.29 is 0 Å². The molecule has 1 N–H and O–H groups in total. The van der Waals surface area contributed by atoms with Crippen LogP contribution in [0.15, 0.2) is 34.9 Å². The number of aromatic nitrogens is 1. The van der Waals surface area contributed by atoms with Crippen LogP contribution in [-0.2, 0) is 6.54 Å². The monoisotopic (exact) mass is 318 g/mol. The summed E-state index contributed by atoms with van der Waals surface area (Å²) in [5.41, 5.74) is 2.40. The van der Waals surface area contributed by atoms with E-state index in [0.29, 0.717) is 0 Å². The molecule has 1 aromatic carbocycles. The Morgan fingerprint density at radius 1 is 1.37 bits per heavy atom. The van der Waals surface area contributed by atoms with Gasteiger partial charge in [0.15, 0.2) is 0 Å². The number of hydrogen-bond acceptors (Lipinski definition) is 2. The predicted molar refractivity (Wildman–Crippen MR) is 83.1 cm³/mol.